The average molecular weight is 312 g/mol. The molecule has 3 rings (SSSR count). The van der Waals surface area contributed by atoms with Gasteiger partial charge < -0.3 is 9.47 Å². The highest BCUT2D eigenvalue weighted by atomic mass is 32.2. The fraction of sp³-hybridized carbons (Fsp3) is 0.643. The molecule has 0 amide bonds. The molecule has 3 atom stereocenters. The Morgan fingerprint density at radius 1 is 1.48 bits per heavy atom. The highest BCUT2D eigenvalue weighted by molar-refractivity contribution is 7.89. The molecule has 1 aromatic heterocycles. The molecule has 3 heterocycles. The Morgan fingerprint density at radius 3 is 3.05 bits per heavy atom. The molecule has 2 fully saturated rings. The van der Waals surface area contributed by atoms with E-state index in [-0.39, 0.29) is 23.8 Å². The Labute approximate surface area is 125 Å². The van der Waals surface area contributed by atoms with Crippen LogP contribution in [0.4, 0.5) is 0 Å². The van der Waals surface area contributed by atoms with Crippen molar-refractivity contribution in [1.82, 2.24) is 9.29 Å². The SMILES string of the molecule is CCS(=O)(=O)N1C[C@H](OCc2cccnc2)[C@@H]2COC[C@@H]21. The summed E-state index contributed by atoms with van der Waals surface area (Å²) in [6, 6.07) is 3.74. The van der Waals surface area contributed by atoms with E-state index in [1.807, 2.05) is 12.1 Å². The largest absolute Gasteiger partial charge is 0.379 e. The van der Waals surface area contributed by atoms with Gasteiger partial charge in [-0.3, -0.25) is 4.98 Å². The molecule has 2 aliphatic rings. The predicted octanol–water partition coefficient (Wildman–Crippen LogP) is 0.647. The van der Waals surface area contributed by atoms with Gasteiger partial charge in [0.2, 0.25) is 10.0 Å². The van der Waals surface area contributed by atoms with Crippen LogP contribution < -0.4 is 0 Å². The van der Waals surface area contributed by atoms with E-state index in [0.717, 1.165) is 5.56 Å². The van der Waals surface area contributed by atoms with Crippen LogP contribution in [0.15, 0.2) is 24.5 Å². The molecule has 1 aromatic rings. The van der Waals surface area contributed by atoms with Gasteiger partial charge in [-0.15, -0.1) is 0 Å². The van der Waals surface area contributed by atoms with Gasteiger partial charge in [0.1, 0.15) is 0 Å². The van der Waals surface area contributed by atoms with Gasteiger partial charge in [-0.25, -0.2) is 8.42 Å². The second-order valence-electron chi connectivity index (χ2n) is 5.45. The lowest BCUT2D eigenvalue weighted by Gasteiger charge is -2.20. The molecule has 0 radical (unpaired) electrons. The summed E-state index contributed by atoms with van der Waals surface area (Å²) >= 11 is 0. The molecule has 0 unspecified atom stereocenters. The van der Waals surface area contributed by atoms with Crippen LogP contribution in [-0.2, 0) is 26.1 Å². The van der Waals surface area contributed by atoms with E-state index >= 15 is 0 Å². The van der Waals surface area contributed by atoms with E-state index in [1.54, 1.807) is 23.6 Å². The lowest BCUT2D eigenvalue weighted by Crippen LogP contribution is -2.39. The summed E-state index contributed by atoms with van der Waals surface area (Å²) in [5, 5.41) is 0. The van der Waals surface area contributed by atoms with Gasteiger partial charge in [0.15, 0.2) is 0 Å². The predicted molar refractivity (Wildman–Crippen MR) is 77.1 cm³/mol. The molecule has 116 valence electrons. The summed E-state index contributed by atoms with van der Waals surface area (Å²) in [4.78, 5) is 4.05. The number of hydrogen-bond acceptors (Lipinski definition) is 5. The lowest BCUT2D eigenvalue weighted by molar-refractivity contribution is 0.0126. The molecule has 0 aromatic carbocycles. The van der Waals surface area contributed by atoms with Crippen molar-refractivity contribution >= 4 is 10.0 Å². The number of pyridine rings is 1. The van der Waals surface area contributed by atoms with Gasteiger partial charge in [-0.05, 0) is 18.6 Å². The minimum absolute atomic E-state index is 0.0751. The first-order chi connectivity index (χ1) is 10.1. The first-order valence-corrected chi connectivity index (χ1v) is 8.80. The van der Waals surface area contributed by atoms with E-state index in [4.69, 9.17) is 9.47 Å². The Hall–Kier alpha value is -1.02. The normalized spacial score (nSPS) is 29.7. The van der Waals surface area contributed by atoms with Crippen LogP contribution in [0.1, 0.15) is 12.5 Å². The van der Waals surface area contributed by atoms with E-state index in [1.165, 1.54) is 0 Å². The number of sulfonamides is 1. The third kappa shape index (κ3) is 2.96. The number of nitrogens with zero attached hydrogens (tertiary/aromatic N) is 2. The molecule has 0 aliphatic carbocycles. The number of ether oxygens (including phenoxy) is 2. The molecule has 0 spiro atoms. The van der Waals surface area contributed by atoms with Crippen molar-refractivity contribution in [2.75, 3.05) is 25.5 Å². The first kappa shape index (κ1) is 14.9. The Morgan fingerprint density at radius 2 is 2.33 bits per heavy atom. The molecular weight excluding hydrogens is 292 g/mol. The molecule has 6 nitrogen and oxygen atoms in total. The highest BCUT2D eigenvalue weighted by Gasteiger charge is 2.49. The fourth-order valence-corrected chi connectivity index (χ4v) is 4.34. The van der Waals surface area contributed by atoms with Crippen molar-refractivity contribution in [2.45, 2.75) is 25.7 Å². The lowest BCUT2D eigenvalue weighted by atomic mass is 10.0. The van der Waals surface area contributed by atoms with Crippen molar-refractivity contribution in [3.05, 3.63) is 30.1 Å². The first-order valence-electron chi connectivity index (χ1n) is 7.19. The molecule has 2 saturated heterocycles. The second kappa shape index (κ2) is 6.00. The molecule has 0 N–H and O–H groups in total. The third-order valence-corrected chi connectivity index (χ3v) is 6.07. The van der Waals surface area contributed by atoms with E-state index in [0.29, 0.717) is 26.4 Å². The van der Waals surface area contributed by atoms with E-state index in [9.17, 15) is 8.42 Å². The van der Waals surface area contributed by atoms with Crippen LogP contribution in [0.3, 0.4) is 0 Å². The highest BCUT2D eigenvalue weighted by Crippen LogP contribution is 2.34. The van der Waals surface area contributed by atoms with Crippen molar-refractivity contribution in [3.8, 4) is 0 Å². The van der Waals surface area contributed by atoms with Crippen LogP contribution >= 0.6 is 0 Å². The summed E-state index contributed by atoms with van der Waals surface area (Å²) in [5.74, 6) is 0.244. The number of hydrogen-bond donors (Lipinski definition) is 0. The zero-order valence-electron chi connectivity index (χ0n) is 12.0. The topological polar surface area (TPSA) is 68.7 Å². The van der Waals surface area contributed by atoms with Crippen molar-refractivity contribution in [2.24, 2.45) is 5.92 Å². The minimum Gasteiger partial charge on any atom is -0.379 e. The van der Waals surface area contributed by atoms with Gasteiger partial charge in [0.05, 0.1) is 37.7 Å². The molecule has 0 saturated carbocycles. The van der Waals surface area contributed by atoms with Crippen LogP contribution in [0.5, 0.6) is 0 Å². The van der Waals surface area contributed by atoms with E-state index in [2.05, 4.69) is 4.98 Å². The van der Waals surface area contributed by atoms with Crippen LogP contribution in [0, 0.1) is 5.92 Å². The maximum atomic E-state index is 12.2. The Kier molecular flexibility index (Phi) is 4.26. The molecular formula is C14H20N2O4S. The number of rotatable bonds is 5. The maximum absolute atomic E-state index is 12.2. The van der Waals surface area contributed by atoms with Crippen LogP contribution in [0.25, 0.3) is 0 Å². The summed E-state index contributed by atoms with van der Waals surface area (Å²) < 4.78 is 37.3. The maximum Gasteiger partial charge on any atom is 0.214 e. The number of fused-ring (bicyclic) bond motifs is 1. The van der Waals surface area contributed by atoms with Gasteiger partial charge in [0.25, 0.3) is 0 Å². The van der Waals surface area contributed by atoms with Gasteiger partial charge in [-0.2, -0.15) is 4.31 Å². The minimum atomic E-state index is -3.21. The molecule has 21 heavy (non-hydrogen) atoms. The molecule has 0 bridgehead atoms. The standard InChI is InChI=1S/C14H20N2O4S/c1-2-21(17,18)16-7-14(12-9-19-10-13(12)16)20-8-11-4-3-5-15-6-11/h3-6,12-14H,2,7-10H2,1H3/t12-,13+,14+/m1/s1. The Balaban J connectivity index is 1.69. The zero-order chi connectivity index (χ0) is 14.9. The summed E-state index contributed by atoms with van der Waals surface area (Å²) in [6.45, 7) is 3.58. The van der Waals surface area contributed by atoms with Crippen LogP contribution in [0.2, 0.25) is 0 Å². The van der Waals surface area contributed by atoms with Gasteiger partial charge in [-0.1, -0.05) is 6.07 Å². The zero-order valence-corrected chi connectivity index (χ0v) is 12.8. The number of aromatic nitrogens is 1. The van der Waals surface area contributed by atoms with Crippen molar-refractivity contribution in [3.63, 3.8) is 0 Å². The van der Waals surface area contributed by atoms with E-state index < -0.39 is 10.0 Å². The summed E-state index contributed by atoms with van der Waals surface area (Å²) in [6.07, 6.45) is 3.37. The fourth-order valence-electron chi connectivity index (χ4n) is 3.01. The quantitative estimate of drug-likeness (QED) is 0.798. The van der Waals surface area contributed by atoms with Gasteiger partial charge in [0, 0.05) is 24.9 Å². The summed E-state index contributed by atoms with van der Waals surface area (Å²) in [5.41, 5.74) is 0.991. The average Bonchev–Trinajstić information content (AvgIpc) is 3.08. The van der Waals surface area contributed by atoms with Crippen molar-refractivity contribution < 1.29 is 17.9 Å². The van der Waals surface area contributed by atoms with Crippen molar-refractivity contribution in [1.29, 1.82) is 0 Å². The Bertz CT molecular complexity index is 578. The smallest absolute Gasteiger partial charge is 0.214 e. The second-order valence-corrected chi connectivity index (χ2v) is 7.66. The van der Waals surface area contributed by atoms with Gasteiger partial charge >= 0.3 is 0 Å². The monoisotopic (exact) mass is 312 g/mol. The third-order valence-electron chi connectivity index (χ3n) is 4.21. The summed E-state index contributed by atoms with van der Waals surface area (Å²) in [7, 11) is -3.21. The molecule has 7 heteroatoms. The van der Waals surface area contributed by atoms with Crippen LogP contribution in [-0.4, -0.2) is 55.4 Å². The molecule has 2 aliphatic heterocycles.